The van der Waals surface area contributed by atoms with Gasteiger partial charge in [0.1, 0.15) is 0 Å². The van der Waals surface area contributed by atoms with Crippen LogP contribution < -0.4 is 5.43 Å². The van der Waals surface area contributed by atoms with Gasteiger partial charge in [0, 0.05) is 19.4 Å². The minimum absolute atomic E-state index is 0.373. The normalized spacial score (nSPS) is 19.4. The van der Waals surface area contributed by atoms with Crippen molar-refractivity contribution in [1.29, 1.82) is 0 Å². The molecule has 0 saturated carbocycles. The van der Waals surface area contributed by atoms with E-state index in [0.29, 0.717) is 5.04 Å². The van der Waals surface area contributed by atoms with Gasteiger partial charge in [-0.25, -0.2) is 0 Å². The summed E-state index contributed by atoms with van der Waals surface area (Å²) < 4.78 is 2.35. The van der Waals surface area contributed by atoms with E-state index in [-0.39, 0.29) is 0 Å². The first-order chi connectivity index (χ1) is 5.77. The Balaban J connectivity index is 2.86. The molecule has 0 aromatic carbocycles. The van der Waals surface area contributed by atoms with Crippen molar-refractivity contribution in [2.45, 2.75) is 38.9 Å². The summed E-state index contributed by atoms with van der Waals surface area (Å²) in [6.07, 6.45) is 4.12. The van der Waals surface area contributed by atoms with E-state index in [9.17, 15) is 0 Å². The molecule has 1 N–H and O–H groups in total. The van der Waals surface area contributed by atoms with E-state index in [1.807, 2.05) is 6.20 Å². The minimum atomic E-state index is -1.42. The number of hydrogen-bond acceptors (Lipinski definition) is 3. The summed E-state index contributed by atoms with van der Waals surface area (Å²) in [5.41, 5.74) is 3.16. The average Bonchev–Trinajstić information content (AvgIpc) is 2.32. The molecule has 1 rings (SSSR count). The molecule has 0 radical (unpaired) electrons. The molecule has 1 aliphatic heterocycles. The van der Waals surface area contributed by atoms with Crippen molar-refractivity contribution < 1.29 is 0 Å². The number of rotatable bonds is 1. The van der Waals surface area contributed by atoms with E-state index < -0.39 is 8.24 Å². The molecule has 0 fully saturated rings. The summed E-state index contributed by atoms with van der Waals surface area (Å²) >= 11 is 0. The smallest absolute Gasteiger partial charge is 0.177 e. The Morgan fingerprint density at radius 1 is 1.23 bits per heavy atom. The molecule has 0 aromatic rings. The van der Waals surface area contributed by atoms with Crippen LogP contribution in [-0.2, 0) is 0 Å². The second kappa shape index (κ2) is 3.03. The van der Waals surface area contributed by atoms with E-state index in [4.69, 9.17) is 0 Å². The average molecular weight is 199 g/mol. The third-order valence-corrected chi connectivity index (χ3v) is 8.47. The van der Waals surface area contributed by atoms with Gasteiger partial charge in [0.15, 0.2) is 8.24 Å². The van der Waals surface area contributed by atoms with Crippen LogP contribution in [0.3, 0.4) is 0 Å². The standard InChI is InChI=1S/C9H21N3Si/c1-9(2,3)13(5,6)12-8-7-10-11(12)4/h7-8,10H,1-6H3. The second-order valence-corrected chi connectivity index (χ2v) is 10.2. The lowest BCUT2D eigenvalue weighted by Crippen LogP contribution is -2.58. The molecule has 0 aromatic heterocycles. The summed E-state index contributed by atoms with van der Waals surface area (Å²) in [4.78, 5) is 0. The molecule has 1 aliphatic rings. The molecule has 0 unspecified atom stereocenters. The van der Waals surface area contributed by atoms with E-state index in [1.165, 1.54) is 0 Å². The molecule has 0 aliphatic carbocycles. The van der Waals surface area contributed by atoms with Gasteiger partial charge < -0.3 is 10.1 Å². The topological polar surface area (TPSA) is 18.5 Å². The zero-order valence-electron chi connectivity index (χ0n) is 9.55. The SMILES string of the molecule is CN1NC=CN1[Si](C)(C)C(C)(C)C. The Kier molecular flexibility index (Phi) is 2.47. The number of hydrazine groups is 2. The van der Waals surface area contributed by atoms with Gasteiger partial charge in [-0.1, -0.05) is 20.8 Å². The highest BCUT2D eigenvalue weighted by atomic mass is 28.3. The lowest BCUT2D eigenvalue weighted by atomic mass is 10.2. The van der Waals surface area contributed by atoms with Gasteiger partial charge in [0.25, 0.3) is 0 Å². The summed E-state index contributed by atoms with van der Waals surface area (Å²) in [5, 5.41) is 2.44. The molecule has 0 amide bonds. The summed E-state index contributed by atoms with van der Waals surface area (Å²) in [6, 6.07) is 0. The molecular formula is C9H21N3Si. The highest BCUT2D eigenvalue weighted by Crippen LogP contribution is 2.39. The summed E-state index contributed by atoms with van der Waals surface area (Å²) in [5.74, 6) is 0. The second-order valence-electron chi connectivity index (χ2n) is 5.12. The Bertz CT molecular complexity index is 217. The van der Waals surface area contributed by atoms with Gasteiger partial charge in [0.2, 0.25) is 0 Å². The van der Waals surface area contributed by atoms with Crippen LogP contribution in [0, 0.1) is 0 Å². The van der Waals surface area contributed by atoms with Crippen molar-refractivity contribution in [3.63, 3.8) is 0 Å². The fourth-order valence-corrected chi connectivity index (χ4v) is 3.22. The van der Waals surface area contributed by atoms with Gasteiger partial charge in [-0.05, 0) is 18.1 Å². The summed E-state index contributed by atoms with van der Waals surface area (Å²) in [6.45, 7) is 11.7. The maximum atomic E-state index is 3.16. The first-order valence-electron chi connectivity index (χ1n) is 4.72. The maximum Gasteiger partial charge on any atom is 0.177 e. The Labute approximate surface area is 82.4 Å². The number of nitrogens with one attached hydrogen (secondary N) is 1. The van der Waals surface area contributed by atoms with Crippen LogP contribution in [0.1, 0.15) is 20.8 Å². The van der Waals surface area contributed by atoms with Gasteiger partial charge in [-0.15, -0.1) is 5.12 Å². The zero-order valence-corrected chi connectivity index (χ0v) is 10.5. The van der Waals surface area contributed by atoms with Crippen molar-refractivity contribution in [1.82, 2.24) is 15.2 Å². The van der Waals surface area contributed by atoms with E-state index >= 15 is 0 Å². The molecule has 13 heavy (non-hydrogen) atoms. The van der Waals surface area contributed by atoms with Crippen molar-refractivity contribution in [2.75, 3.05) is 7.05 Å². The molecule has 4 heteroatoms. The van der Waals surface area contributed by atoms with E-state index in [2.05, 4.69) is 62.3 Å². The molecule has 0 spiro atoms. The van der Waals surface area contributed by atoms with Crippen LogP contribution in [-0.4, -0.2) is 25.1 Å². The van der Waals surface area contributed by atoms with Crippen molar-refractivity contribution in [3.05, 3.63) is 12.4 Å². The van der Waals surface area contributed by atoms with Crippen molar-refractivity contribution in [3.8, 4) is 0 Å². The molecular weight excluding hydrogens is 178 g/mol. The van der Waals surface area contributed by atoms with E-state index in [1.54, 1.807) is 0 Å². The van der Waals surface area contributed by atoms with Gasteiger partial charge in [-0.2, -0.15) is 0 Å². The van der Waals surface area contributed by atoms with E-state index in [0.717, 1.165) is 0 Å². The largest absolute Gasteiger partial charge is 0.321 e. The fourth-order valence-electron chi connectivity index (χ4n) is 1.28. The van der Waals surface area contributed by atoms with Gasteiger partial charge in [0.05, 0.1) is 0 Å². The first-order valence-corrected chi connectivity index (χ1v) is 7.67. The number of hydrogen-bond donors (Lipinski definition) is 1. The first kappa shape index (κ1) is 10.6. The molecule has 0 saturated heterocycles. The molecule has 0 atom stereocenters. The maximum absolute atomic E-state index is 3.16. The van der Waals surface area contributed by atoms with Crippen LogP contribution >= 0.6 is 0 Å². The third kappa shape index (κ3) is 1.74. The van der Waals surface area contributed by atoms with Crippen LogP contribution in [0.4, 0.5) is 0 Å². The molecule has 1 heterocycles. The Morgan fingerprint density at radius 2 is 1.77 bits per heavy atom. The van der Waals surface area contributed by atoms with Gasteiger partial charge >= 0.3 is 0 Å². The lowest BCUT2D eigenvalue weighted by Gasteiger charge is -2.46. The van der Waals surface area contributed by atoms with Gasteiger partial charge in [-0.3, -0.25) is 0 Å². The van der Waals surface area contributed by atoms with Crippen LogP contribution in [0.15, 0.2) is 12.4 Å². The van der Waals surface area contributed by atoms with Crippen LogP contribution in [0.5, 0.6) is 0 Å². The van der Waals surface area contributed by atoms with Crippen LogP contribution in [0.2, 0.25) is 18.1 Å². The predicted octanol–water partition coefficient (Wildman–Crippen LogP) is 2.13. The molecule has 76 valence electrons. The highest BCUT2D eigenvalue weighted by Gasteiger charge is 2.42. The monoisotopic (exact) mass is 199 g/mol. The highest BCUT2D eigenvalue weighted by molar-refractivity contribution is 6.77. The minimum Gasteiger partial charge on any atom is -0.321 e. The zero-order chi connectivity index (χ0) is 10.3. The fraction of sp³-hybridized carbons (Fsp3) is 0.778. The third-order valence-electron chi connectivity index (χ3n) is 3.21. The Hall–Kier alpha value is -0.483. The number of nitrogens with zero attached hydrogens (tertiary/aromatic N) is 2. The molecule has 0 bridgehead atoms. The van der Waals surface area contributed by atoms with Crippen molar-refractivity contribution >= 4 is 8.24 Å². The summed E-state index contributed by atoms with van der Waals surface area (Å²) in [7, 11) is 0.631. The predicted molar refractivity (Wildman–Crippen MR) is 59.1 cm³/mol. The quantitative estimate of drug-likeness (QED) is 0.653. The Morgan fingerprint density at radius 3 is 2.08 bits per heavy atom. The van der Waals surface area contributed by atoms with Crippen molar-refractivity contribution in [2.24, 2.45) is 0 Å². The lowest BCUT2D eigenvalue weighted by molar-refractivity contribution is 0.107. The molecule has 3 nitrogen and oxygen atoms in total. The van der Waals surface area contributed by atoms with Crippen LogP contribution in [0.25, 0.3) is 0 Å².